The van der Waals surface area contributed by atoms with Crippen LogP contribution in [-0.2, 0) is 9.59 Å². The van der Waals surface area contributed by atoms with Crippen LogP contribution in [0.4, 0.5) is 17.1 Å². The number of rotatable bonds is 7. The third-order valence-electron chi connectivity index (χ3n) is 6.59. The Morgan fingerprint density at radius 3 is 1.33 bits per heavy atom. The van der Waals surface area contributed by atoms with Gasteiger partial charge in [0.2, 0.25) is 0 Å². The Bertz CT molecular complexity index is 1600. The maximum atomic E-state index is 12.7. The molecule has 0 fully saturated rings. The molecule has 4 aromatic rings. The second-order valence-corrected chi connectivity index (χ2v) is 9.60. The highest BCUT2D eigenvalue weighted by Gasteiger charge is 2.17. The van der Waals surface area contributed by atoms with E-state index in [9.17, 15) is 9.59 Å². The fourth-order valence-electron chi connectivity index (χ4n) is 4.35. The highest BCUT2D eigenvalue weighted by atomic mass is 16.1. The standard InChI is InChI=1S/C36H29NO2/c1-26-8-12-28(13-9-26)14-18-30-24-36(39)31(25-35(30)38)19-15-29-16-22-34(23-17-29)37(32-6-4-3-5-7-32)33-20-10-27(2)11-21-33/h3-25H,1-2H3/b18-14-,19-15-. The minimum Gasteiger partial charge on any atom is -0.311 e. The summed E-state index contributed by atoms with van der Waals surface area (Å²) in [7, 11) is 0. The number of ketones is 2. The van der Waals surface area contributed by atoms with Crippen molar-refractivity contribution in [3.63, 3.8) is 0 Å². The molecule has 1 aliphatic carbocycles. The number of anilines is 3. The van der Waals surface area contributed by atoms with Crippen LogP contribution in [0.25, 0.3) is 12.2 Å². The lowest BCUT2D eigenvalue weighted by molar-refractivity contribution is -0.114. The van der Waals surface area contributed by atoms with Gasteiger partial charge in [0.05, 0.1) is 0 Å². The van der Waals surface area contributed by atoms with E-state index < -0.39 is 0 Å². The minimum atomic E-state index is -0.180. The number of para-hydroxylation sites is 1. The van der Waals surface area contributed by atoms with Gasteiger partial charge < -0.3 is 4.90 Å². The van der Waals surface area contributed by atoms with E-state index in [1.807, 2.05) is 73.7 Å². The summed E-state index contributed by atoms with van der Waals surface area (Å²) in [5.41, 5.74) is 8.23. The van der Waals surface area contributed by atoms with Gasteiger partial charge in [0.15, 0.2) is 11.6 Å². The Morgan fingerprint density at radius 1 is 0.462 bits per heavy atom. The van der Waals surface area contributed by atoms with Crippen molar-refractivity contribution in [2.75, 3.05) is 4.90 Å². The Balaban J connectivity index is 1.32. The second-order valence-electron chi connectivity index (χ2n) is 9.60. The molecule has 0 saturated heterocycles. The molecule has 0 aromatic heterocycles. The van der Waals surface area contributed by atoms with E-state index >= 15 is 0 Å². The number of nitrogens with zero attached hydrogens (tertiary/aromatic N) is 1. The quantitative estimate of drug-likeness (QED) is 0.235. The summed E-state index contributed by atoms with van der Waals surface area (Å²) in [5, 5.41) is 0. The van der Waals surface area contributed by atoms with Crippen molar-refractivity contribution in [3.8, 4) is 0 Å². The molecule has 0 bridgehead atoms. The molecule has 0 N–H and O–H groups in total. The lowest BCUT2D eigenvalue weighted by atomic mass is 9.95. The molecule has 0 radical (unpaired) electrons. The smallest absolute Gasteiger partial charge is 0.186 e. The van der Waals surface area contributed by atoms with Crippen molar-refractivity contribution in [3.05, 3.63) is 161 Å². The average molecular weight is 508 g/mol. The molecule has 1 aliphatic rings. The first-order valence-corrected chi connectivity index (χ1v) is 12.9. The summed E-state index contributed by atoms with van der Waals surface area (Å²) in [6, 6.07) is 34.8. The van der Waals surface area contributed by atoms with Gasteiger partial charge in [-0.05, 0) is 73.5 Å². The zero-order valence-corrected chi connectivity index (χ0v) is 22.0. The Kier molecular flexibility index (Phi) is 7.60. The molecule has 190 valence electrons. The summed E-state index contributed by atoms with van der Waals surface area (Å²) in [5.74, 6) is -0.356. The molecule has 0 aliphatic heterocycles. The van der Waals surface area contributed by atoms with Crippen LogP contribution in [-0.4, -0.2) is 11.6 Å². The molecule has 4 aromatic carbocycles. The normalized spacial score (nSPS) is 13.6. The molecule has 0 atom stereocenters. The second kappa shape index (κ2) is 11.6. The molecule has 3 nitrogen and oxygen atoms in total. The predicted octanol–water partition coefficient (Wildman–Crippen LogP) is 8.50. The van der Waals surface area contributed by atoms with Crippen molar-refractivity contribution in [1.29, 1.82) is 0 Å². The molecule has 5 rings (SSSR count). The number of carbonyl (C=O) groups is 2. The van der Waals surface area contributed by atoms with Gasteiger partial charge in [0, 0.05) is 28.2 Å². The fourth-order valence-corrected chi connectivity index (χ4v) is 4.35. The lowest BCUT2D eigenvalue weighted by Gasteiger charge is -2.25. The SMILES string of the molecule is Cc1ccc(/C=C\C2=CC(=O)C(/C=C\c3ccc(N(c4ccccc4)c4ccc(C)cc4)cc3)=CC2=O)cc1. The predicted molar refractivity (Wildman–Crippen MR) is 161 cm³/mol. The zero-order valence-electron chi connectivity index (χ0n) is 22.0. The van der Waals surface area contributed by atoms with Gasteiger partial charge in [-0.25, -0.2) is 0 Å². The van der Waals surface area contributed by atoms with Gasteiger partial charge in [-0.1, -0.05) is 102 Å². The van der Waals surface area contributed by atoms with E-state index in [1.54, 1.807) is 12.2 Å². The third-order valence-corrected chi connectivity index (χ3v) is 6.59. The van der Waals surface area contributed by atoms with Crippen molar-refractivity contribution < 1.29 is 9.59 Å². The fraction of sp³-hybridized carbons (Fsp3) is 0.0556. The van der Waals surface area contributed by atoms with Crippen LogP contribution in [0.2, 0.25) is 0 Å². The monoisotopic (exact) mass is 507 g/mol. The summed E-state index contributed by atoms with van der Waals surface area (Å²) in [6.07, 6.45) is 9.95. The van der Waals surface area contributed by atoms with Crippen LogP contribution in [0.3, 0.4) is 0 Å². The first-order valence-electron chi connectivity index (χ1n) is 12.9. The molecule has 0 heterocycles. The number of benzene rings is 4. The van der Waals surface area contributed by atoms with E-state index in [0.29, 0.717) is 11.1 Å². The zero-order chi connectivity index (χ0) is 27.2. The largest absolute Gasteiger partial charge is 0.311 e. The van der Waals surface area contributed by atoms with Crippen molar-refractivity contribution in [2.45, 2.75) is 13.8 Å². The van der Waals surface area contributed by atoms with Gasteiger partial charge in [-0.15, -0.1) is 0 Å². The molecular formula is C36H29NO2. The number of hydrogen-bond acceptors (Lipinski definition) is 3. The van der Waals surface area contributed by atoms with Crippen molar-refractivity contribution in [2.24, 2.45) is 0 Å². The van der Waals surface area contributed by atoms with Crippen LogP contribution >= 0.6 is 0 Å². The van der Waals surface area contributed by atoms with E-state index in [4.69, 9.17) is 0 Å². The Hall–Kier alpha value is -5.02. The van der Waals surface area contributed by atoms with Crippen LogP contribution < -0.4 is 4.90 Å². The van der Waals surface area contributed by atoms with Crippen LogP contribution in [0, 0.1) is 13.8 Å². The van der Waals surface area contributed by atoms with Crippen LogP contribution in [0.5, 0.6) is 0 Å². The molecule has 3 heteroatoms. The maximum absolute atomic E-state index is 12.7. The van der Waals surface area contributed by atoms with Gasteiger partial charge in [0.1, 0.15) is 0 Å². The van der Waals surface area contributed by atoms with E-state index in [-0.39, 0.29) is 11.6 Å². The number of aryl methyl sites for hydroxylation is 2. The number of carbonyl (C=O) groups excluding carboxylic acids is 2. The molecular weight excluding hydrogens is 478 g/mol. The highest BCUT2D eigenvalue weighted by Crippen LogP contribution is 2.34. The Labute approximate surface area is 229 Å². The summed E-state index contributed by atoms with van der Waals surface area (Å²) < 4.78 is 0. The van der Waals surface area contributed by atoms with Crippen LogP contribution in [0.1, 0.15) is 22.3 Å². The van der Waals surface area contributed by atoms with E-state index in [0.717, 1.165) is 28.2 Å². The van der Waals surface area contributed by atoms with Gasteiger partial charge >= 0.3 is 0 Å². The lowest BCUT2D eigenvalue weighted by Crippen LogP contribution is -2.10. The van der Waals surface area contributed by atoms with Crippen molar-refractivity contribution in [1.82, 2.24) is 0 Å². The van der Waals surface area contributed by atoms with E-state index in [1.165, 1.54) is 23.3 Å². The topological polar surface area (TPSA) is 37.4 Å². The maximum Gasteiger partial charge on any atom is 0.186 e. The first kappa shape index (κ1) is 25.6. The van der Waals surface area contributed by atoms with Crippen molar-refractivity contribution >= 4 is 40.8 Å². The molecule has 0 unspecified atom stereocenters. The average Bonchev–Trinajstić information content (AvgIpc) is 2.96. The number of allylic oxidation sites excluding steroid dienone is 6. The van der Waals surface area contributed by atoms with Gasteiger partial charge in [-0.3, -0.25) is 9.59 Å². The third kappa shape index (κ3) is 6.28. The number of hydrogen-bond donors (Lipinski definition) is 0. The first-order chi connectivity index (χ1) is 19.0. The van der Waals surface area contributed by atoms with Gasteiger partial charge in [0.25, 0.3) is 0 Å². The van der Waals surface area contributed by atoms with Gasteiger partial charge in [-0.2, -0.15) is 0 Å². The van der Waals surface area contributed by atoms with Crippen LogP contribution in [0.15, 0.2) is 139 Å². The molecule has 0 amide bonds. The summed E-state index contributed by atoms with van der Waals surface area (Å²) in [4.78, 5) is 27.6. The summed E-state index contributed by atoms with van der Waals surface area (Å²) >= 11 is 0. The molecule has 39 heavy (non-hydrogen) atoms. The van der Waals surface area contributed by atoms with E-state index in [2.05, 4.69) is 60.4 Å². The highest BCUT2D eigenvalue weighted by molar-refractivity contribution is 6.22. The minimum absolute atomic E-state index is 0.176. The molecule has 0 spiro atoms. The molecule has 0 saturated carbocycles. The summed E-state index contributed by atoms with van der Waals surface area (Å²) in [6.45, 7) is 4.11. The Morgan fingerprint density at radius 2 is 0.846 bits per heavy atom.